The van der Waals surface area contributed by atoms with Crippen LogP contribution in [0, 0.1) is 0 Å². The second-order valence-corrected chi connectivity index (χ2v) is 8.00. The van der Waals surface area contributed by atoms with Crippen LogP contribution >= 0.6 is 0 Å². The highest BCUT2D eigenvalue weighted by atomic mass is 16.5. The lowest BCUT2D eigenvalue weighted by molar-refractivity contribution is 0.0672. The first kappa shape index (κ1) is 19.0. The lowest BCUT2D eigenvalue weighted by Gasteiger charge is -2.24. The molecule has 0 amide bonds. The number of fused-ring (bicyclic) bond motifs is 1. The Hall–Kier alpha value is -2.96. The number of hydrogen-bond acceptors (Lipinski definition) is 4. The number of aromatic amines is 1. The normalized spacial score (nSPS) is 17.1. The first-order valence-corrected chi connectivity index (χ1v) is 10.7. The molecule has 154 valence electrons. The van der Waals surface area contributed by atoms with Crippen LogP contribution in [0.1, 0.15) is 24.0 Å². The standard InChI is InChI=1S/C24H27N5O/c1-2-5-19(6-3-1)15-30-16-22-7-4-11-28(22)12-10-20-14-25-24-9-8-21(13-23(20)24)29-17-26-27-18-29/h1-3,5-6,8-9,13-14,17-18,22,25H,4,7,10-12,15-16H2/t22-/m1/s1. The van der Waals surface area contributed by atoms with Crippen LogP contribution in [-0.4, -0.2) is 50.4 Å². The first-order chi connectivity index (χ1) is 14.9. The average Bonchev–Trinajstić information content (AvgIpc) is 3.54. The Morgan fingerprint density at radius 1 is 1.07 bits per heavy atom. The van der Waals surface area contributed by atoms with Crippen LogP contribution in [-0.2, 0) is 17.8 Å². The van der Waals surface area contributed by atoms with E-state index in [9.17, 15) is 0 Å². The predicted octanol–water partition coefficient (Wildman–Crippen LogP) is 3.97. The Bertz CT molecular complexity index is 1070. The molecular weight excluding hydrogens is 374 g/mol. The van der Waals surface area contributed by atoms with Crippen molar-refractivity contribution in [1.29, 1.82) is 0 Å². The average molecular weight is 402 g/mol. The van der Waals surface area contributed by atoms with E-state index in [1.807, 2.05) is 10.6 Å². The molecule has 0 radical (unpaired) electrons. The lowest BCUT2D eigenvalue weighted by atomic mass is 10.1. The van der Waals surface area contributed by atoms with Crippen LogP contribution in [0.2, 0.25) is 0 Å². The number of H-pyrrole nitrogens is 1. The van der Waals surface area contributed by atoms with Crippen LogP contribution in [0.25, 0.3) is 16.6 Å². The molecule has 2 aromatic heterocycles. The Morgan fingerprint density at radius 2 is 1.93 bits per heavy atom. The number of rotatable bonds is 8. The molecule has 6 heteroatoms. The number of hydrogen-bond donors (Lipinski definition) is 1. The molecular formula is C24H27N5O. The lowest BCUT2D eigenvalue weighted by Crippen LogP contribution is -2.34. The van der Waals surface area contributed by atoms with Gasteiger partial charge in [0.2, 0.25) is 0 Å². The second kappa shape index (κ2) is 8.81. The molecule has 0 spiro atoms. The van der Waals surface area contributed by atoms with E-state index in [0.29, 0.717) is 12.6 Å². The molecule has 1 N–H and O–H groups in total. The highest BCUT2D eigenvalue weighted by Crippen LogP contribution is 2.24. The first-order valence-electron chi connectivity index (χ1n) is 10.7. The zero-order valence-corrected chi connectivity index (χ0v) is 17.1. The van der Waals surface area contributed by atoms with Gasteiger partial charge in [-0.15, -0.1) is 10.2 Å². The maximum absolute atomic E-state index is 6.04. The van der Waals surface area contributed by atoms with Crippen molar-refractivity contribution in [3.8, 4) is 5.69 Å². The summed E-state index contributed by atoms with van der Waals surface area (Å²) >= 11 is 0. The van der Waals surface area contributed by atoms with Crippen LogP contribution in [0.3, 0.4) is 0 Å². The minimum Gasteiger partial charge on any atom is -0.375 e. The summed E-state index contributed by atoms with van der Waals surface area (Å²) in [4.78, 5) is 6.01. The zero-order chi connectivity index (χ0) is 20.2. The number of likely N-dealkylation sites (tertiary alicyclic amines) is 1. The van der Waals surface area contributed by atoms with E-state index in [-0.39, 0.29) is 0 Å². The largest absolute Gasteiger partial charge is 0.375 e. The number of benzene rings is 2. The second-order valence-electron chi connectivity index (χ2n) is 8.00. The van der Waals surface area contributed by atoms with E-state index >= 15 is 0 Å². The van der Waals surface area contributed by atoms with E-state index in [4.69, 9.17) is 4.74 Å². The minimum atomic E-state index is 0.520. The number of nitrogens with zero attached hydrogens (tertiary/aromatic N) is 4. The molecule has 4 aromatic rings. The molecule has 1 aliphatic heterocycles. The van der Waals surface area contributed by atoms with Crippen LogP contribution in [0.4, 0.5) is 0 Å². The van der Waals surface area contributed by atoms with Gasteiger partial charge in [-0.2, -0.15) is 0 Å². The molecule has 0 unspecified atom stereocenters. The van der Waals surface area contributed by atoms with Gasteiger partial charge in [-0.3, -0.25) is 9.47 Å². The van der Waals surface area contributed by atoms with Gasteiger partial charge < -0.3 is 9.72 Å². The van der Waals surface area contributed by atoms with Crippen molar-refractivity contribution in [3.05, 3.63) is 78.5 Å². The van der Waals surface area contributed by atoms with E-state index in [2.05, 4.69) is 68.7 Å². The van der Waals surface area contributed by atoms with Gasteiger partial charge in [-0.25, -0.2) is 0 Å². The fraction of sp³-hybridized carbons (Fsp3) is 0.333. The Morgan fingerprint density at radius 3 is 2.80 bits per heavy atom. The summed E-state index contributed by atoms with van der Waals surface area (Å²) in [5, 5.41) is 9.11. The summed E-state index contributed by atoms with van der Waals surface area (Å²) in [6, 6.07) is 17.4. The summed E-state index contributed by atoms with van der Waals surface area (Å²) in [7, 11) is 0. The fourth-order valence-corrected chi connectivity index (χ4v) is 4.40. The quantitative estimate of drug-likeness (QED) is 0.485. The number of ether oxygens (including phenoxy) is 1. The molecule has 2 aromatic carbocycles. The summed E-state index contributed by atoms with van der Waals surface area (Å²) in [5.74, 6) is 0. The summed E-state index contributed by atoms with van der Waals surface area (Å²) in [6.07, 6.45) is 9.12. The minimum absolute atomic E-state index is 0.520. The molecule has 1 fully saturated rings. The van der Waals surface area contributed by atoms with Gasteiger partial charge >= 0.3 is 0 Å². The number of aromatic nitrogens is 4. The molecule has 0 saturated carbocycles. The molecule has 3 heterocycles. The summed E-state index contributed by atoms with van der Waals surface area (Å²) in [5.41, 5.74) is 4.85. The maximum atomic E-state index is 6.04. The Labute approximate surface area is 176 Å². The molecule has 30 heavy (non-hydrogen) atoms. The van der Waals surface area contributed by atoms with Gasteiger partial charge in [-0.1, -0.05) is 30.3 Å². The van der Waals surface area contributed by atoms with Crippen LogP contribution in [0.5, 0.6) is 0 Å². The van der Waals surface area contributed by atoms with Gasteiger partial charge in [-0.05, 0) is 55.1 Å². The third-order valence-corrected chi connectivity index (χ3v) is 6.06. The molecule has 1 aliphatic rings. The topological polar surface area (TPSA) is 59.0 Å². The van der Waals surface area contributed by atoms with Crippen LogP contribution in [0.15, 0.2) is 67.4 Å². The predicted molar refractivity (Wildman–Crippen MR) is 118 cm³/mol. The van der Waals surface area contributed by atoms with Crippen molar-refractivity contribution < 1.29 is 4.74 Å². The van der Waals surface area contributed by atoms with E-state index < -0.39 is 0 Å². The Balaban J connectivity index is 1.21. The van der Waals surface area contributed by atoms with Crippen molar-refractivity contribution in [1.82, 2.24) is 24.6 Å². The molecule has 6 nitrogen and oxygen atoms in total. The van der Waals surface area contributed by atoms with Crippen molar-refractivity contribution in [2.45, 2.75) is 31.9 Å². The van der Waals surface area contributed by atoms with Crippen LogP contribution < -0.4 is 0 Å². The van der Waals surface area contributed by atoms with Gasteiger partial charge in [0.1, 0.15) is 12.7 Å². The third kappa shape index (κ3) is 4.15. The van der Waals surface area contributed by atoms with E-state index in [1.165, 1.54) is 34.9 Å². The highest BCUT2D eigenvalue weighted by molar-refractivity contribution is 5.85. The maximum Gasteiger partial charge on any atom is 0.123 e. The highest BCUT2D eigenvalue weighted by Gasteiger charge is 2.24. The van der Waals surface area contributed by atoms with Crippen molar-refractivity contribution >= 4 is 10.9 Å². The van der Waals surface area contributed by atoms with Gasteiger partial charge in [0.05, 0.1) is 13.2 Å². The molecule has 1 atom stereocenters. The number of nitrogens with one attached hydrogen (secondary N) is 1. The molecule has 0 aliphatic carbocycles. The van der Waals surface area contributed by atoms with Crippen molar-refractivity contribution in [2.75, 3.05) is 19.7 Å². The smallest absolute Gasteiger partial charge is 0.123 e. The van der Waals surface area contributed by atoms with Crippen molar-refractivity contribution in [3.63, 3.8) is 0 Å². The summed E-state index contributed by atoms with van der Waals surface area (Å²) < 4.78 is 7.98. The van der Waals surface area contributed by atoms with Gasteiger partial charge in [0.15, 0.2) is 0 Å². The third-order valence-electron chi connectivity index (χ3n) is 6.06. The molecule has 0 bridgehead atoms. The van der Waals surface area contributed by atoms with Crippen molar-refractivity contribution in [2.24, 2.45) is 0 Å². The van der Waals surface area contributed by atoms with Gasteiger partial charge in [0, 0.05) is 35.4 Å². The summed E-state index contributed by atoms with van der Waals surface area (Å²) in [6.45, 7) is 3.72. The van der Waals surface area contributed by atoms with E-state index in [0.717, 1.165) is 31.8 Å². The molecule has 1 saturated heterocycles. The van der Waals surface area contributed by atoms with Gasteiger partial charge in [0.25, 0.3) is 0 Å². The zero-order valence-electron chi connectivity index (χ0n) is 17.1. The molecule has 5 rings (SSSR count). The fourth-order valence-electron chi connectivity index (χ4n) is 4.40. The van der Waals surface area contributed by atoms with E-state index in [1.54, 1.807) is 12.7 Å². The monoisotopic (exact) mass is 401 g/mol. The SMILES string of the molecule is c1ccc(COC[C@H]2CCCN2CCc2c[nH]c3ccc(-n4cnnc4)cc23)cc1. The Kier molecular flexibility index (Phi) is 5.59.